The van der Waals surface area contributed by atoms with Crippen molar-refractivity contribution in [1.82, 2.24) is 15.1 Å². The van der Waals surface area contributed by atoms with Gasteiger partial charge in [-0.05, 0) is 38.0 Å². The Morgan fingerprint density at radius 3 is 2.47 bits per heavy atom. The molecule has 1 aromatic rings. The predicted octanol–water partition coefficient (Wildman–Crippen LogP) is 2.82. The molecule has 1 unspecified atom stereocenters. The summed E-state index contributed by atoms with van der Waals surface area (Å²) >= 11 is 0. The summed E-state index contributed by atoms with van der Waals surface area (Å²) in [5.74, 6) is 0.789. The minimum absolute atomic E-state index is 0.403. The Bertz CT molecular complexity index is 388. The van der Waals surface area contributed by atoms with E-state index in [0.717, 1.165) is 18.2 Å². The highest BCUT2D eigenvalue weighted by Crippen LogP contribution is 2.51. The number of aromatic nitrogens is 2. The van der Waals surface area contributed by atoms with Crippen LogP contribution < -0.4 is 5.32 Å². The number of hydrogen-bond acceptors (Lipinski definition) is 2. The van der Waals surface area contributed by atoms with Gasteiger partial charge in [-0.25, -0.2) is 0 Å². The lowest BCUT2D eigenvalue weighted by atomic mass is 9.92. The summed E-state index contributed by atoms with van der Waals surface area (Å²) in [4.78, 5) is 0. The molecule has 3 heteroatoms. The molecule has 3 nitrogen and oxygen atoms in total. The van der Waals surface area contributed by atoms with Crippen molar-refractivity contribution < 1.29 is 0 Å². The van der Waals surface area contributed by atoms with E-state index < -0.39 is 0 Å². The van der Waals surface area contributed by atoms with Crippen LogP contribution in [0.25, 0.3) is 0 Å². The van der Waals surface area contributed by atoms with Gasteiger partial charge in [0.25, 0.3) is 0 Å². The summed E-state index contributed by atoms with van der Waals surface area (Å²) in [6, 6.07) is 0.403. The van der Waals surface area contributed by atoms with E-state index in [1.807, 2.05) is 11.7 Å². The van der Waals surface area contributed by atoms with Gasteiger partial charge in [-0.1, -0.05) is 13.8 Å². The van der Waals surface area contributed by atoms with Crippen LogP contribution in [0, 0.1) is 18.3 Å². The van der Waals surface area contributed by atoms with Gasteiger partial charge in [0.1, 0.15) is 0 Å². The first kappa shape index (κ1) is 12.6. The highest BCUT2D eigenvalue weighted by molar-refractivity contribution is 5.19. The Balaban J connectivity index is 1.94. The van der Waals surface area contributed by atoms with E-state index in [4.69, 9.17) is 0 Å². The number of rotatable bonds is 5. The molecule has 0 aliphatic heterocycles. The molecule has 1 atom stereocenters. The fourth-order valence-electron chi connectivity index (χ4n) is 2.63. The highest BCUT2D eigenvalue weighted by Gasteiger charge is 2.44. The molecule has 1 aliphatic carbocycles. The van der Waals surface area contributed by atoms with E-state index in [1.54, 1.807) is 0 Å². The van der Waals surface area contributed by atoms with Crippen LogP contribution in [0.3, 0.4) is 0 Å². The first-order valence-electron chi connectivity index (χ1n) is 6.68. The highest BCUT2D eigenvalue weighted by atomic mass is 15.3. The van der Waals surface area contributed by atoms with Crippen molar-refractivity contribution in [3.8, 4) is 0 Å². The molecule has 0 amide bonds. The van der Waals surface area contributed by atoms with Gasteiger partial charge in [0.05, 0.1) is 5.69 Å². The molecule has 0 radical (unpaired) electrons. The molecule has 96 valence electrons. The maximum Gasteiger partial charge on any atom is 0.0641 e. The molecule has 1 heterocycles. The van der Waals surface area contributed by atoms with E-state index in [2.05, 4.69) is 44.3 Å². The molecule has 0 spiro atoms. The Labute approximate surface area is 105 Å². The van der Waals surface area contributed by atoms with Gasteiger partial charge in [-0.3, -0.25) is 4.68 Å². The lowest BCUT2D eigenvalue weighted by Crippen LogP contribution is -2.29. The molecular weight excluding hydrogens is 210 g/mol. The summed E-state index contributed by atoms with van der Waals surface area (Å²) in [5.41, 5.74) is 3.04. The summed E-state index contributed by atoms with van der Waals surface area (Å²) in [6.07, 6.45) is 4.90. The molecule has 1 N–H and O–H groups in total. The van der Waals surface area contributed by atoms with Crippen LogP contribution in [0.2, 0.25) is 0 Å². The maximum absolute atomic E-state index is 4.40. The van der Waals surface area contributed by atoms with E-state index in [1.165, 1.54) is 18.4 Å². The summed E-state index contributed by atoms with van der Waals surface area (Å²) in [7, 11) is 1.99. The largest absolute Gasteiger partial charge is 0.310 e. The lowest BCUT2D eigenvalue weighted by molar-refractivity contribution is 0.325. The molecule has 0 aromatic carbocycles. The van der Waals surface area contributed by atoms with Crippen molar-refractivity contribution in [2.24, 2.45) is 18.4 Å². The van der Waals surface area contributed by atoms with Crippen molar-refractivity contribution in [3.05, 3.63) is 17.5 Å². The van der Waals surface area contributed by atoms with Crippen molar-refractivity contribution in [1.29, 1.82) is 0 Å². The van der Waals surface area contributed by atoms with Crippen LogP contribution >= 0.6 is 0 Å². The average Bonchev–Trinajstić information content (AvgIpc) is 2.97. The summed E-state index contributed by atoms with van der Waals surface area (Å²) < 4.78 is 1.90. The lowest BCUT2D eigenvalue weighted by Gasteiger charge is -2.23. The van der Waals surface area contributed by atoms with Crippen LogP contribution in [0.15, 0.2) is 6.20 Å². The third-order valence-electron chi connectivity index (χ3n) is 4.40. The summed E-state index contributed by atoms with van der Waals surface area (Å²) in [5, 5.41) is 8.09. The number of nitrogens with one attached hydrogen (secondary N) is 1. The topological polar surface area (TPSA) is 29.9 Å². The van der Waals surface area contributed by atoms with Gasteiger partial charge in [-0.2, -0.15) is 5.10 Å². The van der Waals surface area contributed by atoms with Crippen molar-refractivity contribution in [2.75, 3.05) is 6.54 Å². The standard InChI is InChI=1S/C14H25N3/c1-10(2)14(6-7-14)9-15-11(3)13-8-17(5)16-12(13)4/h8,10-11,15H,6-7,9H2,1-5H3. The third-order valence-corrected chi connectivity index (χ3v) is 4.40. The predicted molar refractivity (Wildman–Crippen MR) is 70.9 cm³/mol. The molecule has 1 aromatic heterocycles. The Morgan fingerprint density at radius 1 is 1.41 bits per heavy atom. The minimum atomic E-state index is 0.403. The molecule has 2 rings (SSSR count). The fourth-order valence-corrected chi connectivity index (χ4v) is 2.63. The Morgan fingerprint density at radius 2 is 2.06 bits per heavy atom. The van der Waals surface area contributed by atoms with Crippen LogP contribution in [0.1, 0.15) is 50.9 Å². The second-order valence-corrected chi connectivity index (χ2v) is 5.96. The van der Waals surface area contributed by atoms with Crippen molar-refractivity contribution in [3.63, 3.8) is 0 Å². The molecule has 1 saturated carbocycles. The maximum atomic E-state index is 4.40. The van der Waals surface area contributed by atoms with Gasteiger partial charge >= 0.3 is 0 Å². The van der Waals surface area contributed by atoms with Gasteiger partial charge in [0, 0.05) is 31.4 Å². The fraction of sp³-hybridized carbons (Fsp3) is 0.786. The zero-order valence-corrected chi connectivity index (χ0v) is 11.7. The zero-order valence-electron chi connectivity index (χ0n) is 11.7. The minimum Gasteiger partial charge on any atom is -0.310 e. The van der Waals surface area contributed by atoms with Gasteiger partial charge < -0.3 is 5.32 Å². The second kappa shape index (κ2) is 4.45. The van der Waals surface area contributed by atoms with Crippen LogP contribution in [-0.4, -0.2) is 16.3 Å². The van der Waals surface area contributed by atoms with Crippen LogP contribution in [0.4, 0.5) is 0 Å². The smallest absolute Gasteiger partial charge is 0.0641 e. The third kappa shape index (κ3) is 2.54. The van der Waals surface area contributed by atoms with Crippen molar-refractivity contribution in [2.45, 2.75) is 46.6 Å². The second-order valence-electron chi connectivity index (χ2n) is 5.96. The monoisotopic (exact) mass is 235 g/mol. The van der Waals surface area contributed by atoms with Gasteiger partial charge in [0.2, 0.25) is 0 Å². The van der Waals surface area contributed by atoms with Crippen LogP contribution in [-0.2, 0) is 7.05 Å². The molecule has 0 bridgehead atoms. The number of aryl methyl sites for hydroxylation is 2. The van der Waals surface area contributed by atoms with E-state index in [9.17, 15) is 0 Å². The molecule has 17 heavy (non-hydrogen) atoms. The quantitative estimate of drug-likeness (QED) is 0.850. The van der Waals surface area contributed by atoms with Gasteiger partial charge in [-0.15, -0.1) is 0 Å². The molecule has 1 aliphatic rings. The Hall–Kier alpha value is -0.830. The Kier molecular flexibility index (Phi) is 3.30. The van der Waals surface area contributed by atoms with Crippen LogP contribution in [0.5, 0.6) is 0 Å². The molecule has 1 fully saturated rings. The SMILES string of the molecule is Cc1nn(C)cc1C(C)NCC1(C(C)C)CC1. The summed E-state index contributed by atoms with van der Waals surface area (Å²) in [6.45, 7) is 10.1. The van der Waals surface area contributed by atoms with E-state index in [0.29, 0.717) is 11.5 Å². The van der Waals surface area contributed by atoms with E-state index in [-0.39, 0.29) is 0 Å². The zero-order chi connectivity index (χ0) is 12.6. The number of nitrogens with zero attached hydrogens (tertiary/aromatic N) is 2. The van der Waals surface area contributed by atoms with Crippen molar-refractivity contribution >= 4 is 0 Å². The number of hydrogen-bond donors (Lipinski definition) is 1. The first-order chi connectivity index (χ1) is 7.94. The molecular formula is C14H25N3. The normalized spacial score (nSPS) is 19.6. The average molecular weight is 235 g/mol. The van der Waals surface area contributed by atoms with Gasteiger partial charge in [0.15, 0.2) is 0 Å². The van der Waals surface area contributed by atoms with E-state index >= 15 is 0 Å². The first-order valence-corrected chi connectivity index (χ1v) is 6.68. The molecule has 0 saturated heterocycles.